The van der Waals surface area contributed by atoms with Gasteiger partial charge in [-0.25, -0.2) is 0 Å². The van der Waals surface area contributed by atoms with Gasteiger partial charge in [0.05, 0.1) is 0 Å². The van der Waals surface area contributed by atoms with Gasteiger partial charge in [-0.2, -0.15) is 0 Å². The Bertz CT molecular complexity index is 223. The van der Waals surface area contributed by atoms with Gasteiger partial charge in [-0.15, -0.1) is 0 Å². The second kappa shape index (κ2) is 7.54. The third-order valence-electron chi connectivity index (χ3n) is 2.02. The minimum Gasteiger partial charge on any atom is -0.261 e. The van der Waals surface area contributed by atoms with Crippen molar-refractivity contribution in [2.24, 2.45) is 0 Å². The summed E-state index contributed by atoms with van der Waals surface area (Å²) >= 11 is 0. The zero-order valence-electron chi connectivity index (χ0n) is 10.2. The molecule has 1 aromatic rings. The van der Waals surface area contributed by atoms with Crippen molar-refractivity contribution in [3.05, 3.63) is 29.6 Å². The molecule has 1 heterocycles. The molecular formula is C13H23N. The highest BCUT2D eigenvalue weighted by atomic mass is 14.7. The first-order valence-corrected chi connectivity index (χ1v) is 5.69. The Hall–Kier alpha value is -0.850. The minimum absolute atomic E-state index is 0.591. The largest absolute Gasteiger partial charge is 0.261 e. The summed E-state index contributed by atoms with van der Waals surface area (Å²) in [6.07, 6.45) is 4.27. The molecule has 80 valence electrons. The summed E-state index contributed by atoms with van der Waals surface area (Å²) in [6.45, 7) is 10.6. The van der Waals surface area contributed by atoms with Gasteiger partial charge in [-0.05, 0) is 24.0 Å². The first kappa shape index (κ1) is 13.2. The Balaban J connectivity index is 0.000000791. The van der Waals surface area contributed by atoms with Crippen LogP contribution in [0.3, 0.4) is 0 Å². The lowest BCUT2D eigenvalue weighted by Crippen LogP contribution is -1.92. The maximum Gasteiger partial charge on any atom is 0.0403 e. The molecule has 0 spiro atoms. The first-order valence-electron chi connectivity index (χ1n) is 5.69. The number of aryl methyl sites for hydroxylation is 1. The van der Waals surface area contributed by atoms with Gasteiger partial charge in [0.15, 0.2) is 0 Å². The Morgan fingerprint density at radius 2 is 1.86 bits per heavy atom. The summed E-state index contributed by atoms with van der Waals surface area (Å²) in [4.78, 5) is 4.39. The molecule has 1 nitrogen and oxygen atoms in total. The van der Waals surface area contributed by atoms with Crippen LogP contribution in [-0.4, -0.2) is 4.98 Å². The van der Waals surface area contributed by atoms with Crippen LogP contribution in [0.15, 0.2) is 18.3 Å². The normalized spacial score (nSPS) is 9.57. The smallest absolute Gasteiger partial charge is 0.0403 e. The van der Waals surface area contributed by atoms with Crippen molar-refractivity contribution in [3.63, 3.8) is 0 Å². The molecule has 0 bridgehead atoms. The molecule has 0 aliphatic heterocycles. The van der Waals surface area contributed by atoms with Crippen LogP contribution in [0, 0.1) is 0 Å². The van der Waals surface area contributed by atoms with E-state index in [0.29, 0.717) is 5.92 Å². The molecule has 0 saturated carbocycles. The van der Waals surface area contributed by atoms with Crippen molar-refractivity contribution in [3.8, 4) is 0 Å². The molecule has 0 N–H and O–H groups in total. The van der Waals surface area contributed by atoms with Crippen molar-refractivity contribution in [1.29, 1.82) is 0 Å². The van der Waals surface area contributed by atoms with Gasteiger partial charge in [-0.1, -0.05) is 47.1 Å². The Labute approximate surface area is 88.6 Å². The summed E-state index contributed by atoms with van der Waals surface area (Å²) in [7, 11) is 0. The van der Waals surface area contributed by atoms with Crippen LogP contribution >= 0.6 is 0 Å². The van der Waals surface area contributed by atoms with E-state index in [2.05, 4.69) is 37.9 Å². The van der Waals surface area contributed by atoms with Crippen LogP contribution in [0.2, 0.25) is 0 Å². The Morgan fingerprint density at radius 3 is 2.21 bits per heavy atom. The zero-order chi connectivity index (χ0) is 11.0. The van der Waals surface area contributed by atoms with Crippen LogP contribution in [0.4, 0.5) is 0 Å². The number of hydrogen-bond acceptors (Lipinski definition) is 1. The van der Waals surface area contributed by atoms with E-state index in [1.54, 1.807) is 0 Å². The highest BCUT2D eigenvalue weighted by Crippen LogP contribution is 2.12. The molecule has 1 heteroatoms. The van der Waals surface area contributed by atoms with Gasteiger partial charge in [-0.3, -0.25) is 4.98 Å². The minimum atomic E-state index is 0.591. The molecule has 14 heavy (non-hydrogen) atoms. The number of hydrogen-bond donors (Lipinski definition) is 0. The third-order valence-corrected chi connectivity index (χ3v) is 2.02. The SMILES string of the molecule is CC.CCCc1ccc(C(C)C)cn1. The molecule has 0 amide bonds. The number of rotatable bonds is 3. The summed E-state index contributed by atoms with van der Waals surface area (Å²) in [6, 6.07) is 4.32. The summed E-state index contributed by atoms with van der Waals surface area (Å²) in [5.41, 5.74) is 2.54. The second-order valence-corrected chi connectivity index (χ2v) is 3.49. The molecular weight excluding hydrogens is 170 g/mol. The van der Waals surface area contributed by atoms with Crippen molar-refractivity contribution in [2.45, 2.75) is 53.4 Å². The Morgan fingerprint density at radius 1 is 1.21 bits per heavy atom. The van der Waals surface area contributed by atoms with Crippen molar-refractivity contribution in [2.75, 3.05) is 0 Å². The summed E-state index contributed by atoms with van der Waals surface area (Å²) < 4.78 is 0. The average Bonchev–Trinajstić information content (AvgIpc) is 2.22. The topological polar surface area (TPSA) is 12.9 Å². The lowest BCUT2D eigenvalue weighted by atomic mass is 10.1. The van der Waals surface area contributed by atoms with E-state index in [-0.39, 0.29) is 0 Å². The molecule has 0 aliphatic carbocycles. The predicted octanol–water partition coefficient (Wildman–Crippen LogP) is 4.18. The molecule has 0 saturated heterocycles. The third kappa shape index (κ3) is 4.40. The summed E-state index contributed by atoms with van der Waals surface area (Å²) in [5, 5.41) is 0. The molecule has 0 atom stereocenters. The predicted molar refractivity (Wildman–Crippen MR) is 63.7 cm³/mol. The van der Waals surface area contributed by atoms with E-state index in [0.717, 1.165) is 6.42 Å². The van der Waals surface area contributed by atoms with Crippen LogP contribution in [0.25, 0.3) is 0 Å². The fourth-order valence-electron chi connectivity index (χ4n) is 1.18. The fourth-order valence-corrected chi connectivity index (χ4v) is 1.18. The van der Waals surface area contributed by atoms with Gasteiger partial charge >= 0.3 is 0 Å². The van der Waals surface area contributed by atoms with Gasteiger partial charge < -0.3 is 0 Å². The van der Waals surface area contributed by atoms with Crippen LogP contribution in [0.5, 0.6) is 0 Å². The average molecular weight is 193 g/mol. The summed E-state index contributed by atoms with van der Waals surface area (Å²) in [5.74, 6) is 0.591. The molecule has 0 unspecified atom stereocenters. The van der Waals surface area contributed by atoms with Crippen molar-refractivity contribution < 1.29 is 0 Å². The number of aromatic nitrogens is 1. The van der Waals surface area contributed by atoms with Crippen molar-refractivity contribution in [1.82, 2.24) is 4.98 Å². The van der Waals surface area contributed by atoms with Crippen LogP contribution in [0.1, 0.15) is 58.2 Å². The van der Waals surface area contributed by atoms with Gasteiger partial charge in [0.2, 0.25) is 0 Å². The lowest BCUT2D eigenvalue weighted by Gasteiger charge is -2.04. The maximum absolute atomic E-state index is 4.39. The molecule has 1 aromatic heterocycles. The number of nitrogens with zero attached hydrogens (tertiary/aromatic N) is 1. The standard InChI is InChI=1S/C11H17N.C2H6/c1-4-5-11-7-6-10(8-12-11)9(2)3;1-2/h6-9H,4-5H2,1-3H3;1-2H3. The van der Waals surface area contributed by atoms with Crippen molar-refractivity contribution >= 4 is 0 Å². The quantitative estimate of drug-likeness (QED) is 0.701. The highest BCUT2D eigenvalue weighted by molar-refractivity contribution is 5.17. The Kier molecular flexibility index (Phi) is 7.09. The van der Waals surface area contributed by atoms with E-state index in [1.807, 2.05) is 20.0 Å². The van der Waals surface area contributed by atoms with E-state index < -0.39 is 0 Å². The van der Waals surface area contributed by atoms with E-state index in [4.69, 9.17) is 0 Å². The monoisotopic (exact) mass is 193 g/mol. The molecule has 0 aliphatic rings. The fraction of sp³-hybridized carbons (Fsp3) is 0.615. The second-order valence-electron chi connectivity index (χ2n) is 3.49. The van der Waals surface area contributed by atoms with Gasteiger partial charge in [0.25, 0.3) is 0 Å². The molecule has 1 rings (SSSR count). The van der Waals surface area contributed by atoms with Crippen LogP contribution in [-0.2, 0) is 6.42 Å². The van der Waals surface area contributed by atoms with Crippen LogP contribution < -0.4 is 0 Å². The molecule has 0 radical (unpaired) electrons. The molecule has 0 aromatic carbocycles. The zero-order valence-corrected chi connectivity index (χ0v) is 10.2. The lowest BCUT2D eigenvalue weighted by molar-refractivity contribution is 0.836. The maximum atomic E-state index is 4.39. The van der Waals surface area contributed by atoms with E-state index >= 15 is 0 Å². The van der Waals surface area contributed by atoms with Gasteiger partial charge in [0.1, 0.15) is 0 Å². The molecule has 0 fully saturated rings. The number of pyridine rings is 1. The van der Waals surface area contributed by atoms with E-state index in [1.165, 1.54) is 17.7 Å². The highest BCUT2D eigenvalue weighted by Gasteiger charge is 1.98. The van der Waals surface area contributed by atoms with Gasteiger partial charge in [0, 0.05) is 11.9 Å². The van der Waals surface area contributed by atoms with E-state index in [9.17, 15) is 0 Å². The first-order chi connectivity index (χ1) is 6.74.